The van der Waals surface area contributed by atoms with E-state index in [0.29, 0.717) is 0 Å². The average Bonchev–Trinajstić information content (AvgIpc) is 2.39. The summed E-state index contributed by atoms with van der Waals surface area (Å²) in [5.74, 6) is 0. The second-order valence-corrected chi connectivity index (χ2v) is 4.67. The van der Waals surface area contributed by atoms with Crippen molar-refractivity contribution in [2.24, 2.45) is 0 Å². The molecule has 0 aliphatic rings. The molecule has 0 atom stereocenters. The highest BCUT2D eigenvalue weighted by Gasteiger charge is 2.09. The van der Waals surface area contributed by atoms with Gasteiger partial charge in [0.25, 0.3) is 0 Å². The predicted octanol–water partition coefficient (Wildman–Crippen LogP) is 3.21. The van der Waals surface area contributed by atoms with Crippen molar-refractivity contribution in [3.05, 3.63) is 24.0 Å². The molecule has 0 amide bonds. The predicted molar refractivity (Wildman–Crippen MR) is 79.0 cm³/mol. The molecule has 0 aromatic carbocycles. The molecule has 0 saturated heterocycles. The lowest BCUT2D eigenvalue weighted by molar-refractivity contribution is 0.667. The van der Waals surface area contributed by atoms with Crippen LogP contribution < -0.4 is 10.2 Å². The summed E-state index contributed by atoms with van der Waals surface area (Å²) in [7, 11) is 0. The van der Waals surface area contributed by atoms with Gasteiger partial charge in [-0.15, -0.1) is 0 Å². The SMILES string of the molecule is CCCNCc1cnccc1N(CCC)CCC. The first-order chi connectivity index (χ1) is 8.83. The fourth-order valence-corrected chi connectivity index (χ4v) is 2.16. The Labute approximate surface area is 112 Å². The second-order valence-electron chi connectivity index (χ2n) is 4.67. The molecule has 102 valence electrons. The molecule has 1 heterocycles. The van der Waals surface area contributed by atoms with Gasteiger partial charge in [-0.1, -0.05) is 20.8 Å². The van der Waals surface area contributed by atoms with Crippen molar-refractivity contribution >= 4 is 5.69 Å². The van der Waals surface area contributed by atoms with Crippen LogP contribution in [0.2, 0.25) is 0 Å². The summed E-state index contributed by atoms with van der Waals surface area (Å²) in [5, 5.41) is 3.46. The van der Waals surface area contributed by atoms with Crippen LogP contribution in [0, 0.1) is 0 Å². The van der Waals surface area contributed by atoms with Gasteiger partial charge in [-0.2, -0.15) is 0 Å². The van der Waals surface area contributed by atoms with Crippen LogP contribution >= 0.6 is 0 Å². The van der Waals surface area contributed by atoms with E-state index in [1.165, 1.54) is 30.5 Å². The van der Waals surface area contributed by atoms with E-state index in [1.807, 2.05) is 12.4 Å². The van der Waals surface area contributed by atoms with E-state index < -0.39 is 0 Å². The molecule has 18 heavy (non-hydrogen) atoms. The molecule has 3 heteroatoms. The first-order valence-electron chi connectivity index (χ1n) is 7.22. The number of nitrogens with zero attached hydrogens (tertiary/aromatic N) is 2. The maximum atomic E-state index is 4.26. The summed E-state index contributed by atoms with van der Waals surface area (Å²) in [4.78, 5) is 6.74. The highest BCUT2D eigenvalue weighted by molar-refractivity contribution is 5.52. The van der Waals surface area contributed by atoms with Crippen LogP contribution in [0.25, 0.3) is 0 Å². The molecule has 0 spiro atoms. The number of anilines is 1. The van der Waals surface area contributed by atoms with E-state index in [9.17, 15) is 0 Å². The minimum atomic E-state index is 0.918. The molecule has 1 aromatic rings. The Morgan fingerprint density at radius 2 is 1.83 bits per heavy atom. The minimum absolute atomic E-state index is 0.918. The quantitative estimate of drug-likeness (QED) is 0.681. The molecule has 0 aliphatic carbocycles. The molecule has 0 radical (unpaired) electrons. The van der Waals surface area contributed by atoms with Crippen LogP contribution in [-0.2, 0) is 6.54 Å². The minimum Gasteiger partial charge on any atom is -0.371 e. The number of hydrogen-bond acceptors (Lipinski definition) is 3. The van der Waals surface area contributed by atoms with Crippen LogP contribution in [0.15, 0.2) is 18.5 Å². The highest BCUT2D eigenvalue weighted by Crippen LogP contribution is 2.19. The van der Waals surface area contributed by atoms with Crippen molar-refractivity contribution < 1.29 is 0 Å². The van der Waals surface area contributed by atoms with Crippen molar-refractivity contribution in [1.29, 1.82) is 0 Å². The molecule has 0 saturated carbocycles. The number of aromatic nitrogens is 1. The molecular weight excluding hydrogens is 222 g/mol. The molecular formula is C15H27N3. The number of nitrogens with one attached hydrogen (secondary N) is 1. The van der Waals surface area contributed by atoms with E-state index in [-0.39, 0.29) is 0 Å². The van der Waals surface area contributed by atoms with E-state index in [4.69, 9.17) is 0 Å². The Morgan fingerprint density at radius 1 is 1.11 bits per heavy atom. The van der Waals surface area contributed by atoms with Gasteiger partial charge in [0.05, 0.1) is 0 Å². The molecule has 1 rings (SSSR count). The fourth-order valence-electron chi connectivity index (χ4n) is 2.16. The Hall–Kier alpha value is -1.09. The van der Waals surface area contributed by atoms with Crippen LogP contribution in [0.5, 0.6) is 0 Å². The Balaban J connectivity index is 2.76. The van der Waals surface area contributed by atoms with Crippen LogP contribution in [0.3, 0.4) is 0 Å². The standard InChI is InChI=1S/C15H27N3/c1-4-8-16-12-14-13-17-9-7-15(14)18(10-5-2)11-6-3/h7,9,13,16H,4-6,8,10-12H2,1-3H3. The summed E-state index contributed by atoms with van der Waals surface area (Å²) < 4.78 is 0. The zero-order chi connectivity index (χ0) is 13.2. The van der Waals surface area contributed by atoms with E-state index in [1.54, 1.807) is 0 Å². The van der Waals surface area contributed by atoms with Gasteiger partial charge in [0.1, 0.15) is 0 Å². The van der Waals surface area contributed by atoms with Gasteiger partial charge in [0, 0.05) is 43.3 Å². The van der Waals surface area contributed by atoms with E-state index in [0.717, 1.165) is 26.2 Å². The third-order valence-corrected chi connectivity index (χ3v) is 2.95. The van der Waals surface area contributed by atoms with Crippen LogP contribution in [0.1, 0.15) is 45.6 Å². The maximum absolute atomic E-state index is 4.26. The molecule has 0 fully saturated rings. The zero-order valence-electron chi connectivity index (χ0n) is 12.1. The molecule has 0 aliphatic heterocycles. The Kier molecular flexibility index (Phi) is 7.42. The molecule has 0 bridgehead atoms. The lowest BCUT2D eigenvalue weighted by atomic mass is 10.2. The fraction of sp³-hybridized carbons (Fsp3) is 0.667. The van der Waals surface area contributed by atoms with E-state index >= 15 is 0 Å². The van der Waals surface area contributed by atoms with Gasteiger partial charge in [0.2, 0.25) is 0 Å². The number of hydrogen-bond donors (Lipinski definition) is 1. The molecule has 1 N–H and O–H groups in total. The first-order valence-corrected chi connectivity index (χ1v) is 7.22. The lowest BCUT2D eigenvalue weighted by Gasteiger charge is -2.26. The zero-order valence-corrected chi connectivity index (χ0v) is 12.1. The number of pyridine rings is 1. The molecule has 1 aromatic heterocycles. The summed E-state index contributed by atoms with van der Waals surface area (Å²) >= 11 is 0. The van der Waals surface area contributed by atoms with Gasteiger partial charge in [-0.3, -0.25) is 4.98 Å². The van der Waals surface area contributed by atoms with Crippen LogP contribution in [-0.4, -0.2) is 24.6 Å². The van der Waals surface area contributed by atoms with Gasteiger partial charge in [0.15, 0.2) is 0 Å². The average molecular weight is 249 g/mol. The lowest BCUT2D eigenvalue weighted by Crippen LogP contribution is -2.27. The number of rotatable bonds is 9. The van der Waals surface area contributed by atoms with Crippen molar-refractivity contribution in [2.45, 2.75) is 46.6 Å². The highest BCUT2D eigenvalue weighted by atomic mass is 15.1. The Morgan fingerprint density at radius 3 is 2.44 bits per heavy atom. The van der Waals surface area contributed by atoms with Gasteiger partial charge in [-0.05, 0) is 31.9 Å². The van der Waals surface area contributed by atoms with Crippen molar-refractivity contribution in [1.82, 2.24) is 10.3 Å². The van der Waals surface area contributed by atoms with Crippen molar-refractivity contribution in [3.8, 4) is 0 Å². The molecule has 0 unspecified atom stereocenters. The summed E-state index contributed by atoms with van der Waals surface area (Å²) in [6, 6.07) is 2.15. The van der Waals surface area contributed by atoms with Gasteiger partial charge < -0.3 is 10.2 Å². The summed E-state index contributed by atoms with van der Waals surface area (Å²) in [5.41, 5.74) is 2.66. The van der Waals surface area contributed by atoms with Crippen molar-refractivity contribution in [2.75, 3.05) is 24.5 Å². The maximum Gasteiger partial charge on any atom is 0.0442 e. The summed E-state index contributed by atoms with van der Waals surface area (Å²) in [6.07, 6.45) is 7.44. The smallest absolute Gasteiger partial charge is 0.0442 e. The Bertz CT molecular complexity index is 319. The van der Waals surface area contributed by atoms with Crippen molar-refractivity contribution in [3.63, 3.8) is 0 Å². The molecule has 3 nitrogen and oxygen atoms in total. The first kappa shape index (κ1) is 15.0. The van der Waals surface area contributed by atoms with Gasteiger partial charge >= 0.3 is 0 Å². The monoisotopic (exact) mass is 249 g/mol. The van der Waals surface area contributed by atoms with E-state index in [2.05, 4.69) is 42.0 Å². The normalized spacial score (nSPS) is 10.6. The third kappa shape index (κ3) is 4.65. The largest absolute Gasteiger partial charge is 0.371 e. The topological polar surface area (TPSA) is 28.2 Å². The summed E-state index contributed by atoms with van der Waals surface area (Å²) in [6.45, 7) is 10.9. The van der Waals surface area contributed by atoms with Crippen LogP contribution in [0.4, 0.5) is 5.69 Å². The third-order valence-electron chi connectivity index (χ3n) is 2.95. The van der Waals surface area contributed by atoms with Gasteiger partial charge in [-0.25, -0.2) is 0 Å². The second kappa shape index (κ2) is 8.92.